The summed E-state index contributed by atoms with van der Waals surface area (Å²) in [5.41, 5.74) is 16.7. The predicted octanol–water partition coefficient (Wildman–Crippen LogP) is -1.15. The molecule has 44 heavy (non-hydrogen) atoms. The zero-order valence-electron chi connectivity index (χ0n) is 26.1. The van der Waals surface area contributed by atoms with Crippen LogP contribution in [0.4, 0.5) is 0 Å². The van der Waals surface area contributed by atoms with Gasteiger partial charge in [-0.15, -0.1) is 0 Å². The first-order valence-corrected chi connectivity index (χ1v) is 15.1. The van der Waals surface area contributed by atoms with Gasteiger partial charge in [-0.05, 0) is 50.4 Å². The minimum absolute atomic E-state index is 0.0226. The molecular weight excluding hydrogens is 576 g/mol. The van der Waals surface area contributed by atoms with Crippen molar-refractivity contribution in [1.29, 1.82) is 0 Å². The van der Waals surface area contributed by atoms with Gasteiger partial charge in [-0.1, -0.05) is 34.1 Å². The standard InChI is InChI=1S/C28H50N8O8/c1-5-16(4)22(29)26(42)36-13-7-9-20(36)25(41)33-17(10-11-21(37)38)23(39)35-19(14-15(2)3)24(40)34-18(27(43)44)8-6-12-32-28(30)31/h15-20,22H,5-14,29H2,1-4H3,(H,33,41)(H,34,40)(H,35,39)(H,37,38)(H,43,44)(H4,30,31,32)/t16-,17-,18-,19-,20-,22-/m0/s1. The van der Waals surface area contributed by atoms with E-state index >= 15 is 0 Å². The smallest absolute Gasteiger partial charge is 0.326 e. The molecule has 1 aliphatic heterocycles. The number of rotatable bonds is 19. The van der Waals surface area contributed by atoms with Gasteiger partial charge < -0.3 is 48.3 Å². The van der Waals surface area contributed by atoms with E-state index in [1.807, 2.05) is 13.8 Å². The molecule has 4 amide bonds. The molecule has 0 aromatic rings. The monoisotopic (exact) mass is 626 g/mol. The number of aliphatic imine (C=N–C) groups is 1. The van der Waals surface area contributed by atoms with Crippen molar-refractivity contribution in [1.82, 2.24) is 20.9 Å². The SMILES string of the molecule is CC[C@H](C)[C@H](N)C(=O)N1CCC[C@H]1C(=O)N[C@@H](CCC(=O)O)C(=O)N[C@@H](CC(C)C)C(=O)N[C@@H](CCCN=C(N)N)C(=O)O. The van der Waals surface area contributed by atoms with E-state index in [-0.39, 0.29) is 55.9 Å². The quantitative estimate of drug-likeness (QED) is 0.0482. The number of likely N-dealkylation sites (tertiary alicyclic amines) is 1. The molecule has 0 aliphatic carbocycles. The van der Waals surface area contributed by atoms with Crippen molar-refractivity contribution in [2.24, 2.45) is 34.0 Å². The number of carboxylic acids is 2. The number of hydrogen-bond donors (Lipinski definition) is 8. The van der Waals surface area contributed by atoms with Gasteiger partial charge in [-0.3, -0.25) is 29.0 Å². The number of nitrogens with one attached hydrogen (secondary N) is 3. The second-order valence-corrected chi connectivity index (χ2v) is 11.6. The van der Waals surface area contributed by atoms with E-state index in [0.717, 1.165) is 0 Å². The van der Waals surface area contributed by atoms with Gasteiger partial charge in [0, 0.05) is 19.5 Å². The summed E-state index contributed by atoms with van der Waals surface area (Å²) >= 11 is 0. The van der Waals surface area contributed by atoms with Crippen LogP contribution in [0.15, 0.2) is 4.99 Å². The first-order chi connectivity index (χ1) is 20.6. The minimum atomic E-state index is -1.34. The Labute approximate surface area is 257 Å². The number of amides is 4. The largest absolute Gasteiger partial charge is 0.481 e. The molecule has 1 saturated heterocycles. The number of carbonyl (C=O) groups excluding carboxylic acids is 4. The predicted molar refractivity (Wildman–Crippen MR) is 162 cm³/mol. The molecule has 0 unspecified atom stereocenters. The molecule has 0 spiro atoms. The molecule has 0 saturated carbocycles. The van der Waals surface area contributed by atoms with Crippen LogP contribution in [0.2, 0.25) is 0 Å². The highest BCUT2D eigenvalue weighted by atomic mass is 16.4. The van der Waals surface area contributed by atoms with Crippen molar-refractivity contribution < 1.29 is 39.0 Å². The first kappa shape index (κ1) is 38.1. The molecule has 0 aromatic carbocycles. The lowest BCUT2D eigenvalue weighted by Gasteiger charge is -2.30. The summed E-state index contributed by atoms with van der Waals surface area (Å²) in [4.78, 5) is 81.2. The van der Waals surface area contributed by atoms with Gasteiger partial charge >= 0.3 is 11.9 Å². The molecular formula is C28H50N8O8. The number of carboxylic acid groups (broad SMARTS) is 2. The highest BCUT2D eigenvalue weighted by molar-refractivity contribution is 5.95. The molecule has 250 valence electrons. The topological polar surface area (TPSA) is 273 Å². The van der Waals surface area contributed by atoms with Crippen molar-refractivity contribution >= 4 is 41.5 Å². The van der Waals surface area contributed by atoms with Crippen LogP contribution in [0.3, 0.4) is 0 Å². The van der Waals surface area contributed by atoms with Crippen LogP contribution in [0.25, 0.3) is 0 Å². The number of hydrogen-bond acceptors (Lipinski definition) is 8. The maximum Gasteiger partial charge on any atom is 0.326 e. The van der Waals surface area contributed by atoms with Gasteiger partial charge in [-0.25, -0.2) is 4.79 Å². The van der Waals surface area contributed by atoms with Gasteiger partial charge in [0.15, 0.2) is 5.96 Å². The Bertz CT molecular complexity index is 1050. The average molecular weight is 627 g/mol. The number of nitrogens with zero attached hydrogens (tertiary/aromatic N) is 2. The second kappa shape index (κ2) is 18.7. The fourth-order valence-electron chi connectivity index (χ4n) is 4.80. The lowest BCUT2D eigenvalue weighted by molar-refractivity contribution is -0.142. The lowest BCUT2D eigenvalue weighted by Crippen LogP contribution is -2.58. The Hall–Kier alpha value is -3.95. The van der Waals surface area contributed by atoms with Crippen LogP contribution in [0.1, 0.15) is 79.1 Å². The molecule has 1 aliphatic rings. The number of aliphatic carboxylic acids is 2. The Morgan fingerprint density at radius 2 is 1.55 bits per heavy atom. The average Bonchev–Trinajstić information content (AvgIpc) is 3.44. The Kier molecular flexibility index (Phi) is 16.1. The molecule has 1 fully saturated rings. The third kappa shape index (κ3) is 12.7. The van der Waals surface area contributed by atoms with Crippen LogP contribution >= 0.6 is 0 Å². The van der Waals surface area contributed by atoms with Crippen molar-refractivity contribution in [3.8, 4) is 0 Å². The van der Waals surface area contributed by atoms with Gasteiger partial charge in [0.2, 0.25) is 23.6 Å². The summed E-state index contributed by atoms with van der Waals surface area (Å²) in [7, 11) is 0. The van der Waals surface area contributed by atoms with Crippen molar-refractivity contribution in [3.05, 3.63) is 0 Å². The summed E-state index contributed by atoms with van der Waals surface area (Å²) < 4.78 is 0. The molecule has 1 rings (SSSR count). The first-order valence-electron chi connectivity index (χ1n) is 15.1. The Morgan fingerprint density at radius 1 is 0.932 bits per heavy atom. The maximum absolute atomic E-state index is 13.4. The molecule has 11 N–H and O–H groups in total. The van der Waals surface area contributed by atoms with Crippen LogP contribution in [0, 0.1) is 11.8 Å². The molecule has 0 radical (unpaired) electrons. The van der Waals surface area contributed by atoms with Crippen LogP contribution in [0.5, 0.6) is 0 Å². The number of nitrogens with two attached hydrogens (primary N) is 3. The van der Waals surface area contributed by atoms with E-state index in [1.165, 1.54) is 4.90 Å². The van der Waals surface area contributed by atoms with Crippen LogP contribution < -0.4 is 33.2 Å². The van der Waals surface area contributed by atoms with Crippen molar-refractivity contribution in [3.63, 3.8) is 0 Å². The van der Waals surface area contributed by atoms with Gasteiger partial charge in [0.1, 0.15) is 24.2 Å². The van der Waals surface area contributed by atoms with E-state index in [2.05, 4.69) is 20.9 Å². The molecule has 6 atom stereocenters. The Morgan fingerprint density at radius 3 is 2.09 bits per heavy atom. The van der Waals surface area contributed by atoms with Gasteiger partial charge in [-0.2, -0.15) is 0 Å². The summed E-state index contributed by atoms with van der Waals surface area (Å²) in [5.74, 6) is -5.41. The van der Waals surface area contributed by atoms with Crippen molar-refractivity contribution in [2.45, 2.75) is 109 Å². The fourth-order valence-corrected chi connectivity index (χ4v) is 4.80. The zero-order valence-corrected chi connectivity index (χ0v) is 26.1. The Balaban J connectivity index is 3.08. The highest BCUT2D eigenvalue weighted by Crippen LogP contribution is 2.21. The van der Waals surface area contributed by atoms with E-state index in [9.17, 15) is 39.0 Å². The van der Waals surface area contributed by atoms with E-state index < -0.39 is 66.3 Å². The fraction of sp³-hybridized carbons (Fsp3) is 0.750. The van der Waals surface area contributed by atoms with Crippen LogP contribution in [-0.2, 0) is 28.8 Å². The summed E-state index contributed by atoms with van der Waals surface area (Å²) in [6.45, 7) is 7.83. The molecule has 0 aromatic heterocycles. The summed E-state index contributed by atoms with van der Waals surface area (Å²) in [6.07, 6.45) is 1.26. The highest BCUT2D eigenvalue weighted by Gasteiger charge is 2.39. The molecule has 16 heteroatoms. The zero-order chi connectivity index (χ0) is 33.6. The molecule has 16 nitrogen and oxygen atoms in total. The number of carbonyl (C=O) groups is 6. The van der Waals surface area contributed by atoms with E-state index in [0.29, 0.717) is 25.8 Å². The van der Waals surface area contributed by atoms with Gasteiger partial charge in [0.25, 0.3) is 0 Å². The summed E-state index contributed by atoms with van der Waals surface area (Å²) in [5, 5.41) is 26.4. The normalized spacial score (nSPS) is 18.0. The maximum atomic E-state index is 13.4. The number of guanidine groups is 1. The van der Waals surface area contributed by atoms with E-state index in [4.69, 9.17) is 17.2 Å². The minimum Gasteiger partial charge on any atom is -0.481 e. The molecule has 1 heterocycles. The third-order valence-corrected chi connectivity index (χ3v) is 7.56. The lowest BCUT2D eigenvalue weighted by atomic mass is 9.98. The second-order valence-electron chi connectivity index (χ2n) is 11.6. The van der Waals surface area contributed by atoms with Crippen LogP contribution in [-0.4, -0.2) is 99.9 Å². The third-order valence-electron chi connectivity index (χ3n) is 7.56. The molecule has 0 bridgehead atoms. The van der Waals surface area contributed by atoms with Gasteiger partial charge in [0.05, 0.1) is 6.04 Å². The van der Waals surface area contributed by atoms with E-state index in [1.54, 1.807) is 13.8 Å². The van der Waals surface area contributed by atoms with Crippen molar-refractivity contribution in [2.75, 3.05) is 13.1 Å². The summed E-state index contributed by atoms with van der Waals surface area (Å²) in [6, 6.07) is -5.47.